The Kier molecular flexibility index (Phi) is 4.44. The molecule has 0 N–H and O–H groups in total. The maximum Gasteiger partial charge on any atom is 0.266 e. The molecule has 3 aliphatic rings. The molecule has 2 heterocycles. The predicted molar refractivity (Wildman–Crippen MR) is 104 cm³/mol. The number of fused-ring (bicyclic) bond motifs is 1. The standard InChI is InChI=1S/C22H30N2O3/c1-21(2,27-18-9-8-16-6-4-7-17(16)14-18)19(25)24-13-11-22(15-24)10-5-12-23(3)20(22)26/h8-9,14H,4-7,10-13,15H2,1-3H3. The monoisotopic (exact) mass is 370 g/mol. The second kappa shape index (κ2) is 6.54. The van der Waals surface area contributed by atoms with Crippen LogP contribution in [-0.4, -0.2) is 53.9 Å². The number of rotatable bonds is 3. The molecule has 0 aromatic heterocycles. The highest BCUT2D eigenvalue weighted by Crippen LogP contribution is 2.40. The zero-order valence-electron chi connectivity index (χ0n) is 16.7. The van der Waals surface area contributed by atoms with Crippen LogP contribution in [0.2, 0.25) is 0 Å². The number of piperidine rings is 1. The molecule has 5 nitrogen and oxygen atoms in total. The van der Waals surface area contributed by atoms with Gasteiger partial charge in [0.15, 0.2) is 5.60 Å². The van der Waals surface area contributed by atoms with Crippen molar-refractivity contribution in [2.45, 2.75) is 58.0 Å². The summed E-state index contributed by atoms with van der Waals surface area (Å²) in [5.41, 5.74) is 1.41. The molecule has 1 aromatic rings. The number of aryl methyl sites for hydroxylation is 2. The van der Waals surface area contributed by atoms with Gasteiger partial charge < -0.3 is 14.5 Å². The van der Waals surface area contributed by atoms with Gasteiger partial charge in [0.2, 0.25) is 5.91 Å². The maximum absolute atomic E-state index is 13.2. The molecular weight excluding hydrogens is 340 g/mol. The zero-order valence-corrected chi connectivity index (χ0v) is 16.7. The molecule has 0 radical (unpaired) electrons. The molecule has 1 unspecified atom stereocenters. The van der Waals surface area contributed by atoms with E-state index < -0.39 is 5.60 Å². The lowest BCUT2D eigenvalue weighted by Gasteiger charge is -2.38. The molecule has 1 spiro atoms. The Morgan fingerprint density at radius 1 is 1.11 bits per heavy atom. The van der Waals surface area contributed by atoms with E-state index in [-0.39, 0.29) is 17.2 Å². The summed E-state index contributed by atoms with van der Waals surface area (Å²) in [5, 5.41) is 0. The molecule has 5 heteroatoms. The molecule has 4 rings (SSSR count). The van der Waals surface area contributed by atoms with E-state index in [0.717, 1.165) is 44.4 Å². The predicted octanol–water partition coefficient (Wildman–Crippen LogP) is 2.80. The summed E-state index contributed by atoms with van der Waals surface area (Å²) in [4.78, 5) is 29.6. The van der Waals surface area contributed by atoms with Gasteiger partial charge in [-0.3, -0.25) is 9.59 Å². The van der Waals surface area contributed by atoms with Gasteiger partial charge in [0, 0.05) is 26.7 Å². The highest BCUT2D eigenvalue weighted by Gasteiger charge is 2.50. The Balaban J connectivity index is 1.46. The number of carbonyl (C=O) groups is 2. The number of ether oxygens (including phenoxy) is 1. The van der Waals surface area contributed by atoms with Gasteiger partial charge >= 0.3 is 0 Å². The molecule has 2 fully saturated rings. The molecule has 1 aromatic carbocycles. The number of nitrogens with zero attached hydrogens (tertiary/aromatic N) is 2. The molecule has 2 aliphatic heterocycles. The summed E-state index contributed by atoms with van der Waals surface area (Å²) in [6, 6.07) is 6.19. The van der Waals surface area contributed by atoms with Crippen LogP contribution in [0.15, 0.2) is 18.2 Å². The van der Waals surface area contributed by atoms with Crippen molar-refractivity contribution in [2.75, 3.05) is 26.7 Å². The Morgan fingerprint density at radius 2 is 1.89 bits per heavy atom. The SMILES string of the molecule is CN1CCCC2(CCN(C(=O)C(C)(C)Oc3ccc4c(c3)CCC4)C2)C1=O. The van der Waals surface area contributed by atoms with Crippen molar-refractivity contribution in [3.05, 3.63) is 29.3 Å². The third-order valence-electron chi connectivity index (χ3n) is 6.55. The minimum atomic E-state index is -0.942. The fourth-order valence-electron chi connectivity index (χ4n) is 5.02. The van der Waals surface area contributed by atoms with Crippen molar-refractivity contribution >= 4 is 11.8 Å². The van der Waals surface area contributed by atoms with Crippen LogP contribution in [0.4, 0.5) is 0 Å². The summed E-state index contributed by atoms with van der Waals surface area (Å²) in [6.07, 6.45) is 6.07. The minimum Gasteiger partial charge on any atom is -0.478 e. The van der Waals surface area contributed by atoms with Gasteiger partial charge in [0.1, 0.15) is 5.75 Å². The van der Waals surface area contributed by atoms with Crippen molar-refractivity contribution in [1.29, 1.82) is 0 Å². The smallest absolute Gasteiger partial charge is 0.266 e. The van der Waals surface area contributed by atoms with Crippen LogP contribution < -0.4 is 4.74 Å². The average Bonchev–Trinajstić information content (AvgIpc) is 3.26. The maximum atomic E-state index is 13.2. The molecule has 2 saturated heterocycles. The van der Waals surface area contributed by atoms with Crippen LogP contribution in [0.1, 0.15) is 50.7 Å². The van der Waals surface area contributed by atoms with Crippen LogP contribution in [0.5, 0.6) is 5.75 Å². The third-order valence-corrected chi connectivity index (χ3v) is 6.55. The second-order valence-electron chi connectivity index (χ2n) is 8.98. The first-order chi connectivity index (χ1) is 12.8. The first kappa shape index (κ1) is 18.3. The Morgan fingerprint density at radius 3 is 2.70 bits per heavy atom. The van der Waals surface area contributed by atoms with Gasteiger partial charge in [-0.15, -0.1) is 0 Å². The normalized spacial score (nSPS) is 25.2. The first-order valence-corrected chi connectivity index (χ1v) is 10.2. The van der Waals surface area contributed by atoms with Gasteiger partial charge in [-0.25, -0.2) is 0 Å². The van der Waals surface area contributed by atoms with Crippen molar-refractivity contribution in [2.24, 2.45) is 5.41 Å². The van der Waals surface area contributed by atoms with Crippen molar-refractivity contribution < 1.29 is 14.3 Å². The van der Waals surface area contributed by atoms with E-state index in [0.29, 0.717) is 13.1 Å². The Labute approximate surface area is 161 Å². The Bertz CT molecular complexity index is 773. The van der Waals surface area contributed by atoms with E-state index in [1.54, 1.807) is 0 Å². The second-order valence-corrected chi connectivity index (χ2v) is 8.98. The quantitative estimate of drug-likeness (QED) is 0.822. The van der Waals surface area contributed by atoms with Gasteiger partial charge in [-0.05, 0) is 75.6 Å². The van der Waals surface area contributed by atoms with Crippen LogP contribution >= 0.6 is 0 Å². The van der Waals surface area contributed by atoms with Crippen LogP contribution in [0.3, 0.4) is 0 Å². The molecule has 1 atom stereocenters. The van der Waals surface area contributed by atoms with Crippen LogP contribution in [0.25, 0.3) is 0 Å². The van der Waals surface area contributed by atoms with Gasteiger partial charge in [0.05, 0.1) is 5.41 Å². The molecule has 1 aliphatic carbocycles. The summed E-state index contributed by atoms with van der Waals surface area (Å²) >= 11 is 0. The van der Waals surface area contributed by atoms with E-state index in [1.165, 1.54) is 17.5 Å². The molecule has 0 saturated carbocycles. The lowest BCUT2D eigenvalue weighted by atomic mass is 9.78. The number of likely N-dealkylation sites (tertiary alicyclic amines) is 2. The lowest BCUT2D eigenvalue weighted by Crippen LogP contribution is -2.51. The Hall–Kier alpha value is -2.04. The molecule has 0 bridgehead atoms. The van der Waals surface area contributed by atoms with Crippen LogP contribution in [-0.2, 0) is 22.4 Å². The number of hydrogen-bond donors (Lipinski definition) is 0. The highest BCUT2D eigenvalue weighted by molar-refractivity contribution is 5.88. The number of amides is 2. The summed E-state index contributed by atoms with van der Waals surface area (Å²) < 4.78 is 6.14. The number of hydrogen-bond acceptors (Lipinski definition) is 3. The minimum absolute atomic E-state index is 0.0269. The fraction of sp³-hybridized carbons (Fsp3) is 0.636. The van der Waals surface area contributed by atoms with Gasteiger partial charge in [-0.1, -0.05) is 6.07 Å². The van der Waals surface area contributed by atoms with Crippen molar-refractivity contribution in [3.8, 4) is 5.75 Å². The third kappa shape index (κ3) is 3.21. The number of carbonyl (C=O) groups excluding carboxylic acids is 2. The van der Waals surface area contributed by atoms with E-state index >= 15 is 0 Å². The highest BCUT2D eigenvalue weighted by atomic mass is 16.5. The zero-order chi connectivity index (χ0) is 19.2. The van der Waals surface area contributed by atoms with E-state index in [1.807, 2.05) is 36.8 Å². The van der Waals surface area contributed by atoms with E-state index in [4.69, 9.17) is 4.74 Å². The average molecular weight is 370 g/mol. The topological polar surface area (TPSA) is 49.9 Å². The summed E-state index contributed by atoms with van der Waals surface area (Å²) in [6.45, 7) is 5.65. The van der Waals surface area contributed by atoms with Gasteiger partial charge in [0.25, 0.3) is 5.91 Å². The molecule has 27 heavy (non-hydrogen) atoms. The fourth-order valence-corrected chi connectivity index (χ4v) is 5.02. The molecule has 2 amide bonds. The number of benzene rings is 1. The van der Waals surface area contributed by atoms with E-state index in [9.17, 15) is 9.59 Å². The largest absolute Gasteiger partial charge is 0.478 e. The van der Waals surface area contributed by atoms with Gasteiger partial charge in [-0.2, -0.15) is 0 Å². The van der Waals surface area contributed by atoms with Crippen molar-refractivity contribution in [1.82, 2.24) is 9.80 Å². The lowest BCUT2D eigenvalue weighted by molar-refractivity contribution is -0.148. The summed E-state index contributed by atoms with van der Waals surface area (Å²) in [7, 11) is 1.87. The van der Waals surface area contributed by atoms with Crippen LogP contribution in [0, 0.1) is 5.41 Å². The van der Waals surface area contributed by atoms with E-state index in [2.05, 4.69) is 12.1 Å². The molecular formula is C22H30N2O3. The first-order valence-electron chi connectivity index (χ1n) is 10.2. The summed E-state index contributed by atoms with van der Waals surface area (Å²) in [5.74, 6) is 0.929. The van der Waals surface area contributed by atoms with Crippen molar-refractivity contribution in [3.63, 3.8) is 0 Å². The molecule has 146 valence electrons.